The maximum absolute atomic E-state index is 6.08. The molecule has 0 spiro atoms. The Morgan fingerprint density at radius 1 is 0.933 bits per heavy atom. The number of fused-ring (bicyclic) bond motifs is 5. The number of halogens is 2. The van der Waals surface area contributed by atoms with Crippen LogP contribution in [0.2, 0.25) is 0 Å². The number of hydrogen-bond donors (Lipinski definition) is 0. The summed E-state index contributed by atoms with van der Waals surface area (Å²) in [5.74, 6) is 4.06. The van der Waals surface area contributed by atoms with E-state index in [1.165, 1.54) is 17.5 Å². The molecule has 4 atom stereocenters. The summed E-state index contributed by atoms with van der Waals surface area (Å²) in [5, 5.41) is 0. The van der Waals surface area contributed by atoms with E-state index in [9.17, 15) is 0 Å². The second-order valence-corrected chi connectivity index (χ2v) is 5.33. The molecule has 0 saturated heterocycles. The second kappa shape index (κ2) is 3.68. The highest BCUT2D eigenvalue weighted by molar-refractivity contribution is 6.19. The van der Waals surface area contributed by atoms with Gasteiger partial charge in [-0.3, -0.25) is 0 Å². The fraction of sp³-hybridized carbons (Fsp3) is 0.538. The van der Waals surface area contributed by atoms with Gasteiger partial charge in [0.05, 0.1) is 0 Å². The first kappa shape index (κ1) is 9.99. The Hall–Kier alpha value is -0.200. The molecule has 0 N–H and O–H groups in total. The zero-order chi connectivity index (χ0) is 10.4. The first-order valence-electron chi connectivity index (χ1n) is 5.57. The van der Waals surface area contributed by atoms with Crippen LogP contribution in [0.1, 0.15) is 29.4 Å². The Labute approximate surface area is 101 Å². The molecule has 0 radical (unpaired) electrons. The molecular weight excluding hydrogens is 227 g/mol. The molecule has 0 amide bonds. The van der Waals surface area contributed by atoms with Gasteiger partial charge in [0, 0.05) is 11.8 Å². The van der Waals surface area contributed by atoms with Crippen LogP contribution in [-0.2, 0) is 0 Å². The summed E-state index contributed by atoms with van der Waals surface area (Å²) in [6, 6.07) is 8.81. The molecule has 1 aromatic carbocycles. The fourth-order valence-corrected chi connectivity index (χ4v) is 4.45. The maximum atomic E-state index is 6.08. The van der Waals surface area contributed by atoms with Gasteiger partial charge in [0.25, 0.3) is 0 Å². The first-order valence-corrected chi connectivity index (χ1v) is 6.64. The monoisotopic (exact) mass is 240 g/mol. The van der Waals surface area contributed by atoms with Gasteiger partial charge in [-0.05, 0) is 41.2 Å². The third kappa shape index (κ3) is 1.28. The highest BCUT2D eigenvalue weighted by Crippen LogP contribution is 2.59. The van der Waals surface area contributed by atoms with Crippen molar-refractivity contribution in [3.05, 3.63) is 35.4 Å². The summed E-state index contributed by atoms with van der Waals surface area (Å²) in [6.45, 7) is 0. The highest BCUT2D eigenvalue weighted by atomic mass is 35.5. The molecule has 15 heavy (non-hydrogen) atoms. The summed E-state index contributed by atoms with van der Waals surface area (Å²) in [7, 11) is 0. The van der Waals surface area contributed by atoms with E-state index >= 15 is 0 Å². The van der Waals surface area contributed by atoms with Crippen molar-refractivity contribution in [2.75, 3.05) is 11.8 Å². The van der Waals surface area contributed by atoms with E-state index in [1.54, 1.807) is 0 Å². The molecule has 0 unspecified atom stereocenters. The van der Waals surface area contributed by atoms with Crippen molar-refractivity contribution < 1.29 is 0 Å². The molecule has 1 aromatic rings. The molecule has 2 aliphatic rings. The van der Waals surface area contributed by atoms with Crippen LogP contribution in [-0.4, -0.2) is 11.8 Å². The third-order valence-corrected chi connectivity index (χ3v) is 4.96. The Bertz CT molecular complexity index is 340. The van der Waals surface area contributed by atoms with Crippen molar-refractivity contribution in [1.82, 2.24) is 0 Å². The van der Waals surface area contributed by atoms with Gasteiger partial charge in [-0.25, -0.2) is 0 Å². The van der Waals surface area contributed by atoms with Crippen molar-refractivity contribution in [3.8, 4) is 0 Å². The smallest absolute Gasteiger partial charge is 0.0260 e. The molecular formula is C13H14Cl2. The van der Waals surface area contributed by atoms with Gasteiger partial charge in [-0.2, -0.15) is 0 Å². The Balaban J connectivity index is 2.05. The largest absolute Gasteiger partial charge is 0.126 e. The van der Waals surface area contributed by atoms with Crippen LogP contribution in [0.4, 0.5) is 0 Å². The SMILES string of the molecule is ClC[C@@H]1[C@H](CCl)[C@@H]2C[C@H]1c1ccccc12. The molecule has 80 valence electrons. The molecule has 0 aromatic heterocycles. The molecule has 2 bridgehead atoms. The summed E-state index contributed by atoms with van der Waals surface area (Å²) >= 11 is 12.2. The first-order chi connectivity index (χ1) is 7.36. The molecule has 1 saturated carbocycles. The summed E-state index contributed by atoms with van der Waals surface area (Å²) < 4.78 is 0. The quantitative estimate of drug-likeness (QED) is 0.687. The molecule has 2 aliphatic carbocycles. The molecule has 3 rings (SSSR count). The maximum Gasteiger partial charge on any atom is 0.0260 e. The lowest BCUT2D eigenvalue weighted by molar-refractivity contribution is 0.390. The zero-order valence-electron chi connectivity index (χ0n) is 8.50. The number of alkyl halides is 2. The van der Waals surface area contributed by atoms with Crippen LogP contribution >= 0.6 is 23.2 Å². The molecule has 0 nitrogen and oxygen atoms in total. The fourth-order valence-electron chi connectivity index (χ4n) is 3.57. The predicted molar refractivity (Wildman–Crippen MR) is 65.0 cm³/mol. The van der Waals surface area contributed by atoms with Gasteiger partial charge in [0.2, 0.25) is 0 Å². The predicted octanol–water partition coefficient (Wildman–Crippen LogP) is 3.98. The van der Waals surface area contributed by atoms with Crippen molar-refractivity contribution in [1.29, 1.82) is 0 Å². The van der Waals surface area contributed by atoms with E-state index in [1.807, 2.05) is 0 Å². The van der Waals surface area contributed by atoms with Crippen LogP contribution in [0.3, 0.4) is 0 Å². The Morgan fingerprint density at radius 2 is 1.40 bits per heavy atom. The van der Waals surface area contributed by atoms with Gasteiger partial charge in [-0.15, -0.1) is 23.2 Å². The van der Waals surface area contributed by atoms with Crippen LogP contribution in [0.25, 0.3) is 0 Å². The van der Waals surface area contributed by atoms with Crippen molar-refractivity contribution in [2.45, 2.75) is 18.3 Å². The minimum atomic E-state index is 0.601. The second-order valence-electron chi connectivity index (χ2n) is 4.71. The van der Waals surface area contributed by atoms with Crippen LogP contribution < -0.4 is 0 Å². The van der Waals surface area contributed by atoms with E-state index in [4.69, 9.17) is 23.2 Å². The van der Waals surface area contributed by atoms with Crippen LogP contribution in [0, 0.1) is 11.8 Å². The van der Waals surface area contributed by atoms with Gasteiger partial charge in [-0.1, -0.05) is 24.3 Å². The normalized spacial score (nSPS) is 36.9. The number of benzene rings is 1. The van der Waals surface area contributed by atoms with E-state index in [0.29, 0.717) is 23.7 Å². The van der Waals surface area contributed by atoms with Gasteiger partial charge < -0.3 is 0 Å². The van der Waals surface area contributed by atoms with E-state index in [0.717, 1.165) is 11.8 Å². The topological polar surface area (TPSA) is 0 Å². The zero-order valence-corrected chi connectivity index (χ0v) is 10.0. The lowest BCUT2D eigenvalue weighted by Crippen LogP contribution is -2.24. The Kier molecular flexibility index (Phi) is 2.45. The lowest BCUT2D eigenvalue weighted by atomic mass is 9.78. The van der Waals surface area contributed by atoms with E-state index < -0.39 is 0 Å². The van der Waals surface area contributed by atoms with E-state index in [2.05, 4.69) is 24.3 Å². The Morgan fingerprint density at radius 3 is 1.80 bits per heavy atom. The van der Waals surface area contributed by atoms with E-state index in [-0.39, 0.29) is 0 Å². The summed E-state index contributed by atoms with van der Waals surface area (Å²) in [4.78, 5) is 0. The highest BCUT2D eigenvalue weighted by Gasteiger charge is 2.49. The summed E-state index contributed by atoms with van der Waals surface area (Å²) in [6.07, 6.45) is 1.27. The van der Waals surface area contributed by atoms with Gasteiger partial charge in [0.1, 0.15) is 0 Å². The number of hydrogen-bond acceptors (Lipinski definition) is 0. The summed E-state index contributed by atoms with van der Waals surface area (Å²) in [5.41, 5.74) is 3.07. The molecule has 1 fully saturated rings. The van der Waals surface area contributed by atoms with Crippen LogP contribution in [0.5, 0.6) is 0 Å². The average molecular weight is 241 g/mol. The van der Waals surface area contributed by atoms with Crippen molar-refractivity contribution in [3.63, 3.8) is 0 Å². The number of rotatable bonds is 2. The average Bonchev–Trinajstić information content (AvgIpc) is 2.84. The standard InChI is InChI=1S/C13H14Cl2/c14-6-12-10-5-11(13(12)7-15)9-4-2-1-3-8(9)10/h1-4,10-13H,5-7H2/t10-,11+,12-,13+. The molecule has 0 heterocycles. The van der Waals surface area contributed by atoms with Gasteiger partial charge >= 0.3 is 0 Å². The van der Waals surface area contributed by atoms with Crippen LogP contribution in [0.15, 0.2) is 24.3 Å². The molecule has 0 aliphatic heterocycles. The van der Waals surface area contributed by atoms with Crippen molar-refractivity contribution >= 4 is 23.2 Å². The third-order valence-electron chi connectivity index (χ3n) is 4.24. The minimum Gasteiger partial charge on any atom is -0.126 e. The molecule has 2 heteroatoms. The lowest BCUT2D eigenvalue weighted by Gasteiger charge is -2.30. The van der Waals surface area contributed by atoms with Gasteiger partial charge in [0.15, 0.2) is 0 Å². The minimum absolute atomic E-state index is 0.601. The van der Waals surface area contributed by atoms with Crippen molar-refractivity contribution in [2.24, 2.45) is 11.8 Å².